The van der Waals surface area contributed by atoms with E-state index < -0.39 is 5.60 Å². The zero-order valence-electron chi connectivity index (χ0n) is 11.5. The summed E-state index contributed by atoms with van der Waals surface area (Å²) in [5, 5.41) is 0. The molecule has 0 aromatic heterocycles. The molecule has 17 heavy (non-hydrogen) atoms. The lowest BCUT2D eigenvalue weighted by atomic mass is 9.99. The summed E-state index contributed by atoms with van der Waals surface area (Å²) >= 11 is 0. The van der Waals surface area contributed by atoms with Crippen molar-refractivity contribution in [3.63, 3.8) is 0 Å². The van der Waals surface area contributed by atoms with Crippen LogP contribution in [0.15, 0.2) is 0 Å². The fourth-order valence-electron chi connectivity index (χ4n) is 2.66. The highest BCUT2D eigenvalue weighted by Gasteiger charge is 2.39. The van der Waals surface area contributed by atoms with Crippen LogP contribution < -0.4 is 5.73 Å². The number of ether oxygens (including phenoxy) is 1. The highest BCUT2D eigenvalue weighted by atomic mass is 16.5. The Morgan fingerprint density at radius 1 is 1.47 bits per heavy atom. The number of nitrogens with two attached hydrogens (primary N) is 1. The van der Waals surface area contributed by atoms with Gasteiger partial charge in [0.15, 0.2) is 0 Å². The van der Waals surface area contributed by atoms with E-state index in [2.05, 4.69) is 0 Å². The number of likely N-dealkylation sites (N-methyl/N-ethyl adjacent to an activating group) is 1. The summed E-state index contributed by atoms with van der Waals surface area (Å²) in [4.78, 5) is 14.4. The highest BCUT2D eigenvalue weighted by molar-refractivity contribution is 5.84. The van der Waals surface area contributed by atoms with Gasteiger partial charge in [-0.1, -0.05) is 6.42 Å². The molecule has 1 fully saturated rings. The van der Waals surface area contributed by atoms with Gasteiger partial charge >= 0.3 is 0 Å². The Kier molecular flexibility index (Phi) is 4.95. The summed E-state index contributed by atoms with van der Waals surface area (Å²) in [7, 11) is 1.58. The van der Waals surface area contributed by atoms with Crippen molar-refractivity contribution >= 4 is 5.91 Å². The van der Waals surface area contributed by atoms with Crippen molar-refractivity contribution in [2.45, 2.75) is 51.7 Å². The first kappa shape index (κ1) is 14.5. The smallest absolute Gasteiger partial charge is 0.254 e. The van der Waals surface area contributed by atoms with Gasteiger partial charge in [0.2, 0.25) is 0 Å². The number of hydrogen-bond acceptors (Lipinski definition) is 3. The van der Waals surface area contributed by atoms with Crippen LogP contribution in [-0.4, -0.2) is 42.6 Å². The Hall–Kier alpha value is -0.610. The molecular weight excluding hydrogens is 216 g/mol. The average molecular weight is 242 g/mol. The molecule has 0 spiro atoms. The van der Waals surface area contributed by atoms with Crippen molar-refractivity contribution in [2.24, 2.45) is 11.7 Å². The van der Waals surface area contributed by atoms with Gasteiger partial charge in [-0.25, -0.2) is 0 Å². The van der Waals surface area contributed by atoms with E-state index in [1.807, 2.05) is 25.7 Å². The molecule has 4 heteroatoms. The summed E-state index contributed by atoms with van der Waals surface area (Å²) in [5.41, 5.74) is 5.05. The molecule has 2 atom stereocenters. The quantitative estimate of drug-likeness (QED) is 0.792. The summed E-state index contributed by atoms with van der Waals surface area (Å²) in [5.74, 6) is 0.527. The van der Waals surface area contributed by atoms with Crippen LogP contribution in [0.4, 0.5) is 0 Å². The van der Waals surface area contributed by atoms with Gasteiger partial charge in [0, 0.05) is 19.7 Å². The first-order chi connectivity index (χ1) is 7.97. The van der Waals surface area contributed by atoms with Crippen LogP contribution in [0.1, 0.15) is 40.0 Å². The molecule has 0 aliphatic heterocycles. The molecule has 0 aromatic carbocycles. The van der Waals surface area contributed by atoms with Crippen LogP contribution >= 0.6 is 0 Å². The Labute approximate surface area is 104 Å². The van der Waals surface area contributed by atoms with Crippen molar-refractivity contribution < 1.29 is 9.53 Å². The molecule has 2 unspecified atom stereocenters. The molecule has 1 saturated carbocycles. The fraction of sp³-hybridized carbons (Fsp3) is 0.923. The molecule has 1 amide bonds. The number of carbonyl (C=O) groups excluding carboxylic acids is 1. The Morgan fingerprint density at radius 3 is 2.59 bits per heavy atom. The molecular formula is C13H26N2O2. The average Bonchev–Trinajstić information content (AvgIpc) is 2.78. The van der Waals surface area contributed by atoms with Crippen LogP contribution in [0, 0.1) is 5.92 Å². The topological polar surface area (TPSA) is 55.6 Å². The van der Waals surface area contributed by atoms with Crippen LogP contribution in [0.25, 0.3) is 0 Å². The highest BCUT2D eigenvalue weighted by Crippen LogP contribution is 2.30. The lowest BCUT2D eigenvalue weighted by Gasteiger charge is -2.37. The van der Waals surface area contributed by atoms with E-state index in [0.717, 1.165) is 19.4 Å². The molecule has 0 bridgehead atoms. The van der Waals surface area contributed by atoms with E-state index in [1.54, 1.807) is 7.11 Å². The molecule has 2 N–H and O–H groups in total. The maximum absolute atomic E-state index is 12.4. The number of carbonyl (C=O) groups is 1. The second-order valence-corrected chi connectivity index (χ2v) is 5.30. The summed E-state index contributed by atoms with van der Waals surface area (Å²) < 4.78 is 5.29. The normalized spacial score (nSPS) is 25.0. The predicted molar refractivity (Wildman–Crippen MR) is 68.7 cm³/mol. The molecule has 0 heterocycles. The maximum atomic E-state index is 12.4. The zero-order chi connectivity index (χ0) is 13.1. The monoisotopic (exact) mass is 242 g/mol. The number of methoxy groups -OCH3 is 1. The molecule has 100 valence electrons. The van der Waals surface area contributed by atoms with E-state index in [-0.39, 0.29) is 5.91 Å². The second kappa shape index (κ2) is 5.83. The molecule has 1 rings (SSSR count). The first-order valence-electron chi connectivity index (χ1n) is 6.54. The van der Waals surface area contributed by atoms with Crippen LogP contribution in [-0.2, 0) is 9.53 Å². The van der Waals surface area contributed by atoms with E-state index in [1.165, 1.54) is 6.42 Å². The standard InChI is InChI=1S/C13H26N2O2/c1-5-15(12(16)13(2,3)17-4)11-8-6-7-10(11)9-14/h10-11H,5-9,14H2,1-4H3. The third-order valence-corrected chi connectivity index (χ3v) is 3.95. The van der Waals surface area contributed by atoms with Crippen molar-refractivity contribution in [2.75, 3.05) is 20.2 Å². The van der Waals surface area contributed by atoms with E-state index in [0.29, 0.717) is 18.5 Å². The molecule has 0 saturated heterocycles. The van der Waals surface area contributed by atoms with E-state index in [4.69, 9.17) is 10.5 Å². The second-order valence-electron chi connectivity index (χ2n) is 5.30. The van der Waals surface area contributed by atoms with Crippen LogP contribution in [0.2, 0.25) is 0 Å². The Balaban J connectivity index is 2.80. The van der Waals surface area contributed by atoms with Crippen molar-refractivity contribution in [1.29, 1.82) is 0 Å². The van der Waals surface area contributed by atoms with Gasteiger partial charge in [0.1, 0.15) is 5.60 Å². The van der Waals surface area contributed by atoms with Gasteiger partial charge in [0.25, 0.3) is 5.91 Å². The molecule has 0 aromatic rings. The lowest BCUT2D eigenvalue weighted by molar-refractivity contribution is -0.154. The maximum Gasteiger partial charge on any atom is 0.254 e. The minimum atomic E-state index is -0.738. The van der Waals surface area contributed by atoms with Gasteiger partial charge in [-0.2, -0.15) is 0 Å². The third kappa shape index (κ3) is 2.99. The van der Waals surface area contributed by atoms with Crippen molar-refractivity contribution in [3.05, 3.63) is 0 Å². The van der Waals surface area contributed by atoms with Crippen molar-refractivity contribution in [1.82, 2.24) is 4.90 Å². The molecule has 1 aliphatic rings. The Morgan fingerprint density at radius 2 is 2.12 bits per heavy atom. The van der Waals surface area contributed by atoms with Gasteiger partial charge < -0.3 is 15.4 Å². The molecule has 1 aliphatic carbocycles. The summed E-state index contributed by atoms with van der Waals surface area (Å²) in [6.07, 6.45) is 3.38. The number of nitrogens with zero attached hydrogens (tertiary/aromatic N) is 1. The first-order valence-corrected chi connectivity index (χ1v) is 6.54. The molecule has 0 radical (unpaired) electrons. The zero-order valence-corrected chi connectivity index (χ0v) is 11.5. The minimum absolute atomic E-state index is 0.0767. The van der Waals surface area contributed by atoms with Gasteiger partial charge in [-0.05, 0) is 46.1 Å². The van der Waals surface area contributed by atoms with Crippen LogP contribution in [0.5, 0.6) is 0 Å². The SMILES string of the molecule is CCN(C(=O)C(C)(C)OC)C1CCCC1CN. The lowest BCUT2D eigenvalue weighted by Crippen LogP contribution is -2.52. The van der Waals surface area contributed by atoms with Crippen molar-refractivity contribution in [3.8, 4) is 0 Å². The third-order valence-electron chi connectivity index (χ3n) is 3.95. The van der Waals surface area contributed by atoms with E-state index >= 15 is 0 Å². The summed E-state index contributed by atoms with van der Waals surface area (Å²) in [6, 6.07) is 0.298. The number of amides is 1. The Bertz CT molecular complexity index is 266. The predicted octanol–water partition coefficient (Wildman–Crippen LogP) is 1.39. The molecule has 4 nitrogen and oxygen atoms in total. The minimum Gasteiger partial charge on any atom is -0.369 e. The number of rotatable bonds is 5. The largest absolute Gasteiger partial charge is 0.369 e. The van der Waals surface area contributed by atoms with Gasteiger partial charge in [-0.3, -0.25) is 4.79 Å². The fourth-order valence-corrected chi connectivity index (χ4v) is 2.66. The number of hydrogen-bond donors (Lipinski definition) is 1. The van der Waals surface area contributed by atoms with Crippen LogP contribution in [0.3, 0.4) is 0 Å². The van der Waals surface area contributed by atoms with Gasteiger partial charge in [0.05, 0.1) is 0 Å². The van der Waals surface area contributed by atoms with Gasteiger partial charge in [-0.15, -0.1) is 0 Å². The summed E-state index contributed by atoms with van der Waals surface area (Å²) in [6.45, 7) is 7.07. The van der Waals surface area contributed by atoms with E-state index in [9.17, 15) is 4.79 Å².